The zero-order chi connectivity index (χ0) is 28.5. The van der Waals surface area contributed by atoms with E-state index in [1.807, 2.05) is 64.2 Å². The first-order valence-corrected chi connectivity index (χ1v) is 13.2. The van der Waals surface area contributed by atoms with Gasteiger partial charge in [-0.25, -0.2) is 4.79 Å². The first-order chi connectivity index (χ1) is 18.3. The third-order valence-electron chi connectivity index (χ3n) is 6.94. The van der Waals surface area contributed by atoms with Crippen LogP contribution in [0.25, 0.3) is 11.1 Å². The largest absolute Gasteiger partial charge is 0.352 e. The van der Waals surface area contributed by atoms with E-state index in [2.05, 4.69) is 33.0 Å². The molecule has 10 heteroatoms. The normalized spacial score (nSPS) is 15.1. The molecule has 39 heavy (non-hydrogen) atoms. The molecule has 10 nitrogen and oxygen atoms in total. The summed E-state index contributed by atoms with van der Waals surface area (Å²) in [5.41, 5.74) is 3.44. The van der Waals surface area contributed by atoms with Crippen LogP contribution < -0.4 is 16.0 Å². The van der Waals surface area contributed by atoms with Crippen molar-refractivity contribution in [3.8, 4) is 11.1 Å². The summed E-state index contributed by atoms with van der Waals surface area (Å²) in [5, 5.41) is 13.0. The van der Waals surface area contributed by atoms with Gasteiger partial charge in [-0.2, -0.15) is 5.10 Å². The van der Waals surface area contributed by atoms with Gasteiger partial charge in [-0.05, 0) is 77.3 Å². The van der Waals surface area contributed by atoms with Crippen LogP contribution in [0, 0.1) is 6.92 Å². The minimum absolute atomic E-state index is 0.0783. The summed E-state index contributed by atoms with van der Waals surface area (Å²) >= 11 is 0. The number of nitrogens with zero attached hydrogens (tertiary/aromatic N) is 4. The lowest BCUT2D eigenvalue weighted by atomic mass is 9.98. The lowest BCUT2D eigenvalue weighted by molar-refractivity contribution is -0.133. The lowest BCUT2D eigenvalue weighted by Gasteiger charge is -2.40. The van der Waals surface area contributed by atoms with Gasteiger partial charge in [-0.1, -0.05) is 19.1 Å². The van der Waals surface area contributed by atoms with Crippen LogP contribution in [0.4, 0.5) is 16.2 Å². The molecule has 0 unspecified atom stereocenters. The average molecular weight is 532 g/mol. The summed E-state index contributed by atoms with van der Waals surface area (Å²) in [6.07, 6.45) is 4.34. The fourth-order valence-corrected chi connectivity index (χ4v) is 4.44. The van der Waals surface area contributed by atoms with Crippen LogP contribution in [-0.4, -0.2) is 56.1 Å². The first kappa shape index (κ1) is 27.8. The Bertz CT molecular complexity index is 1400. The molecule has 0 saturated carbocycles. The van der Waals surface area contributed by atoms with Crippen molar-refractivity contribution in [2.45, 2.75) is 66.0 Å². The number of hydrogen-bond donors (Lipinski definition) is 3. The summed E-state index contributed by atoms with van der Waals surface area (Å²) in [5.74, 6) is -0.659. The molecule has 2 aromatic heterocycles. The van der Waals surface area contributed by atoms with Gasteiger partial charge in [0.25, 0.3) is 5.91 Å². The third kappa shape index (κ3) is 5.79. The van der Waals surface area contributed by atoms with Gasteiger partial charge in [0.05, 0.1) is 17.4 Å². The fourth-order valence-electron chi connectivity index (χ4n) is 4.44. The molecule has 1 saturated heterocycles. The van der Waals surface area contributed by atoms with Gasteiger partial charge in [-0.15, -0.1) is 0 Å². The van der Waals surface area contributed by atoms with E-state index < -0.39 is 23.0 Å². The van der Waals surface area contributed by atoms with Gasteiger partial charge in [-0.3, -0.25) is 19.3 Å². The number of carbonyl (C=O) groups is 3. The number of benzene rings is 1. The van der Waals surface area contributed by atoms with Crippen LogP contribution in [0.3, 0.4) is 0 Å². The number of urea groups is 1. The van der Waals surface area contributed by atoms with Crippen molar-refractivity contribution in [2.75, 3.05) is 23.7 Å². The zero-order valence-electron chi connectivity index (χ0n) is 23.7. The summed E-state index contributed by atoms with van der Waals surface area (Å²) < 4.78 is 1.64. The van der Waals surface area contributed by atoms with Crippen molar-refractivity contribution >= 4 is 29.2 Å². The van der Waals surface area contributed by atoms with Crippen LogP contribution in [0.15, 0.2) is 42.7 Å². The zero-order valence-corrected chi connectivity index (χ0v) is 23.7. The Hall–Kier alpha value is -4.21. The Kier molecular flexibility index (Phi) is 7.50. The number of amides is 4. The van der Waals surface area contributed by atoms with Crippen molar-refractivity contribution in [2.24, 2.45) is 0 Å². The highest BCUT2D eigenvalue weighted by Crippen LogP contribution is 2.28. The molecule has 4 amide bonds. The summed E-state index contributed by atoms with van der Waals surface area (Å²) in [6.45, 7) is 14.0. The highest BCUT2D eigenvalue weighted by Gasteiger charge is 2.42. The van der Waals surface area contributed by atoms with Gasteiger partial charge in [0.15, 0.2) is 5.69 Å². The van der Waals surface area contributed by atoms with E-state index in [1.54, 1.807) is 24.7 Å². The monoisotopic (exact) mass is 531 g/mol. The summed E-state index contributed by atoms with van der Waals surface area (Å²) in [7, 11) is 0. The van der Waals surface area contributed by atoms with E-state index in [-0.39, 0.29) is 17.3 Å². The molecule has 206 valence electrons. The molecule has 0 bridgehead atoms. The number of pyridine rings is 1. The Morgan fingerprint density at radius 2 is 1.87 bits per heavy atom. The van der Waals surface area contributed by atoms with Crippen LogP contribution >= 0.6 is 0 Å². The predicted octanol–water partition coefficient (Wildman–Crippen LogP) is 4.57. The number of nitrogens with one attached hydrogen (secondary N) is 3. The molecular formula is C29H37N7O3. The minimum Gasteiger partial charge on any atom is -0.352 e. The smallest absolute Gasteiger partial charge is 0.323 e. The van der Waals surface area contributed by atoms with Crippen molar-refractivity contribution in [3.63, 3.8) is 0 Å². The molecule has 1 aliphatic rings. The highest BCUT2D eigenvalue weighted by atomic mass is 16.2. The maximum Gasteiger partial charge on any atom is 0.323 e. The lowest BCUT2D eigenvalue weighted by Crippen LogP contribution is -2.63. The maximum atomic E-state index is 13.6. The van der Waals surface area contributed by atoms with E-state index >= 15 is 0 Å². The second-order valence-electron chi connectivity index (χ2n) is 11.3. The molecular weight excluding hydrogens is 494 g/mol. The molecule has 1 aliphatic heterocycles. The van der Waals surface area contributed by atoms with Gasteiger partial charge >= 0.3 is 6.03 Å². The molecule has 1 fully saturated rings. The topological polar surface area (TPSA) is 121 Å². The van der Waals surface area contributed by atoms with Gasteiger partial charge in [0.1, 0.15) is 5.54 Å². The number of rotatable bonds is 5. The molecule has 3 aromatic rings. The summed E-state index contributed by atoms with van der Waals surface area (Å²) in [6, 6.07) is 9.18. The third-order valence-corrected chi connectivity index (χ3v) is 6.94. The molecule has 0 aliphatic carbocycles. The number of aryl methyl sites for hydroxylation is 2. The van der Waals surface area contributed by atoms with Crippen molar-refractivity contribution in [1.82, 2.24) is 25.0 Å². The molecule has 3 N–H and O–H groups in total. The second-order valence-corrected chi connectivity index (χ2v) is 11.3. The number of hydrogen-bond acceptors (Lipinski definition) is 5. The summed E-state index contributed by atoms with van der Waals surface area (Å²) in [4.78, 5) is 45.2. The van der Waals surface area contributed by atoms with E-state index in [0.29, 0.717) is 18.8 Å². The standard InChI is InChI=1S/C29H37N7O3/c1-8-20-12-10-19(16-31-20)22-15-21(11-9-18(22)2)32-27(39)33-23-17-36(28(3,4)5)34-24(23)25(37)35-14-13-30-26(38)29(35,6)7/h9-12,15-17H,8,13-14H2,1-7H3,(H,30,38)(H2,32,33,39). The van der Waals surface area contributed by atoms with Gasteiger partial charge in [0, 0.05) is 36.2 Å². The van der Waals surface area contributed by atoms with Gasteiger partial charge < -0.3 is 20.9 Å². The van der Waals surface area contributed by atoms with E-state index in [9.17, 15) is 14.4 Å². The van der Waals surface area contributed by atoms with Crippen LogP contribution in [0.5, 0.6) is 0 Å². The Labute approximate surface area is 229 Å². The maximum absolute atomic E-state index is 13.6. The highest BCUT2D eigenvalue weighted by molar-refractivity contribution is 6.07. The first-order valence-electron chi connectivity index (χ1n) is 13.2. The number of piperazine rings is 1. The minimum atomic E-state index is -1.05. The van der Waals surface area contributed by atoms with E-state index in [4.69, 9.17) is 0 Å². The second kappa shape index (κ2) is 10.5. The molecule has 0 atom stereocenters. The number of carbonyl (C=O) groups excluding carboxylic acids is 3. The SMILES string of the molecule is CCc1ccc(-c2cc(NC(=O)Nc3cn(C(C)(C)C)nc3C(=O)N3CCNC(=O)C3(C)C)ccc2C)cn1. The number of anilines is 2. The fraction of sp³-hybridized carbons (Fsp3) is 0.414. The van der Waals surface area contributed by atoms with Gasteiger partial charge in [0.2, 0.25) is 5.91 Å². The average Bonchev–Trinajstić information content (AvgIpc) is 3.31. The Morgan fingerprint density at radius 1 is 1.13 bits per heavy atom. The van der Waals surface area contributed by atoms with Crippen molar-refractivity contribution < 1.29 is 14.4 Å². The van der Waals surface area contributed by atoms with E-state index in [0.717, 1.165) is 28.8 Å². The Morgan fingerprint density at radius 3 is 2.51 bits per heavy atom. The molecule has 1 aromatic carbocycles. The Balaban J connectivity index is 1.59. The van der Waals surface area contributed by atoms with Crippen molar-refractivity contribution in [1.29, 1.82) is 0 Å². The molecule has 3 heterocycles. The quantitative estimate of drug-likeness (QED) is 0.446. The molecule has 4 rings (SSSR count). The van der Waals surface area contributed by atoms with Crippen LogP contribution in [-0.2, 0) is 16.8 Å². The predicted molar refractivity (Wildman–Crippen MR) is 152 cm³/mol. The van der Waals surface area contributed by atoms with E-state index in [1.165, 1.54) is 4.90 Å². The number of aromatic nitrogens is 3. The van der Waals surface area contributed by atoms with Crippen LogP contribution in [0.1, 0.15) is 63.3 Å². The molecule has 0 radical (unpaired) electrons. The van der Waals surface area contributed by atoms with Crippen LogP contribution in [0.2, 0.25) is 0 Å². The van der Waals surface area contributed by atoms with Crippen molar-refractivity contribution in [3.05, 3.63) is 59.7 Å². The molecule has 0 spiro atoms.